The number of benzene rings is 2. The molecule has 0 fully saturated rings. The fourth-order valence-electron chi connectivity index (χ4n) is 7.13. The van der Waals surface area contributed by atoms with Crippen molar-refractivity contribution in [3.63, 3.8) is 0 Å². The third-order valence-corrected chi connectivity index (χ3v) is 11.8. The first-order chi connectivity index (χ1) is 33.6. The van der Waals surface area contributed by atoms with Crippen molar-refractivity contribution in [2.24, 2.45) is 0 Å². The van der Waals surface area contributed by atoms with Gasteiger partial charge in [-0.05, 0) is 142 Å². The second kappa shape index (κ2) is 23.6. The Kier molecular flexibility index (Phi) is 17.9. The zero-order valence-corrected chi connectivity index (χ0v) is 43.3. The van der Waals surface area contributed by atoms with Crippen molar-refractivity contribution < 1.29 is 32.9 Å². The van der Waals surface area contributed by atoms with Crippen LogP contribution < -0.4 is 4.74 Å². The monoisotopic (exact) mass is 1140 g/mol. The summed E-state index contributed by atoms with van der Waals surface area (Å²) >= 11 is 18.7. The molecule has 0 amide bonds. The van der Waals surface area contributed by atoms with Gasteiger partial charge in [-0.2, -0.15) is 24.8 Å². The van der Waals surface area contributed by atoms with Crippen LogP contribution in [0.1, 0.15) is 84.9 Å². The molecule has 1 N–H and O–H groups in total. The number of aromatic nitrogens is 10. The van der Waals surface area contributed by atoms with E-state index in [1.165, 1.54) is 42.7 Å². The highest BCUT2D eigenvalue weighted by Crippen LogP contribution is 2.35. The molecule has 0 radical (unpaired) electrons. The van der Waals surface area contributed by atoms with Gasteiger partial charge in [0.2, 0.25) is 11.6 Å². The average molecular weight is 1150 g/mol. The van der Waals surface area contributed by atoms with Crippen LogP contribution in [0.3, 0.4) is 0 Å². The number of rotatable bonds is 14. The lowest BCUT2D eigenvalue weighted by molar-refractivity contribution is -0.392. The minimum Gasteiger partial charge on any atom is -0.478 e. The van der Waals surface area contributed by atoms with Gasteiger partial charge in [0.05, 0.1) is 37.8 Å². The molecule has 2 atom stereocenters. The van der Waals surface area contributed by atoms with E-state index in [-0.39, 0.29) is 5.75 Å². The van der Waals surface area contributed by atoms with Gasteiger partial charge in [-0.3, -0.25) is 9.36 Å². The largest absolute Gasteiger partial charge is 0.478 e. The van der Waals surface area contributed by atoms with Gasteiger partial charge >= 0.3 is 11.6 Å². The first kappa shape index (κ1) is 53.8. The Balaban J connectivity index is 0.000000198. The Labute approximate surface area is 430 Å². The Morgan fingerprint density at radius 1 is 0.690 bits per heavy atom. The molecule has 71 heavy (non-hydrogen) atoms. The molecule has 0 bridgehead atoms. The molecule has 0 unspecified atom stereocenters. The van der Waals surface area contributed by atoms with Crippen molar-refractivity contribution in [2.45, 2.75) is 79.7 Å². The average Bonchev–Trinajstić information content (AvgIpc) is 4.08. The van der Waals surface area contributed by atoms with E-state index in [4.69, 9.17) is 27.9 Å². The number of nitro groups is 2. The van der Waals surface area contributed by atoms with Gasteiger partial charge in [0, 0.05) is 84.1 Å². The summed E-state index contributed by atoms with van der Waals surface area (Å²) in [4.78, 5) is 27.0. The lowest BCUT2D eigenvalue weighted by Crippen LogP contribution is -2.12. The predicted octanol–water partition coefficient (Wildman–Crippen LogP) is 11.7. The molecule has 0 aliphatic heterocycles. The summed E-state index contributed by atoms with van der Waals surface area (Å²) < 4.78 is 54.3. The van der Waals surface area contributed by atoms with Gasteiger partial charge in [-0.15, -0.1) is 0 Å². The van der Waals surface area contributed by atoms with Gasteiger partial charge in [0.1, 0.15) is 17.7 Å². The highest BCUT2D eigenvalue weighted by atomic mass is 79.9. The van der Waals surface area contributed by atoms with Crippen molar-refractivity contribution >= 4 is 66.7 Å². The first-order valence-corrected chi connectivity index (χ1v) is 23.7. The molecular formula is C46H43Br2Cl2F3N12O6. The molecule has 25 heteroatoms. The van der Waals surface area contributed by atoms with Crippen LogP contribution in [0.15, 0.2) is 94.4 Å². The highest BCUT2D eigenvalue weighted by molar-refractivity contribution is 9.10. The summed E-state index contributed by atoms with van der Waals surface area (Å²) in [7, 11) is 0. The summed E-state index contributed by atoms with van der Waals surface area (Å²) in [5.41, 5.74) is 7.19. The van der Waals surface area contributed by atoms with Gasteiger partial charge in [-0.1, -0.05) is 23.2 Å². The first-order valence-electron chi connectivity index (χ1n) is 21.4. The van der Waals surface area contributed by atoms with Gasteiger partial charge in [-0.25, -0.2) is 18.1 Å². The van der Waals surface area contributed by atoms with Crippen molar-refractivity contribution in [3.05, 3.63) is 187 Å². The van der Waals surface area contributed by atoms with Crippen LogP contribution in [-0.4, -0.2) is 64.0 Å². The Morgan fingerprint density at radius 3 is 1.58 bits per heavy atom. The number of aliphatic hydroxyl groups excluding tert-OH is 1. The minimum atomic E-state index is -0.940. The minimum absolute atomic E-state index is 0.0392. The maximum atomic E-state index is 14.3. The molecular weight excluding hydrogens is 1100 g/mol. The molecule has 0 saturated heterocycles. The molecule has 2 aromatic carbocycles. The van der Waals surface area contributed by atoms with E-state index in [2.05, 4.69) is 62.2 Å². The van der Waals surface area contributed by atoms with Crippen LogP contribution in [-0.2, 0) is 25.9 Å². The number of aryl methyl sites for hydroxylation is 4. The SMILES string of the molecule is CCn1cc(Cc2cc(C)nn2-c2ccc(F)cc2[C@@H](C)O)c(Cl)n1.CCn1cc(Cc2cc(C)nn2-c2ccc(F)cc2[C@@H](C)Oc2cc(Br)cnc2[N+](=O)[O-])c(Cl)n1.O=[N+]([O-])c1ncc(Br)cc1F. The van der Waals surface area contributed by atoms with E-state index < -0.39 is 51.1 Å². The van der Waals surface area contributed by atoms with Crippen molar-refractivity contribution in [3.8, 4) is 17.1 Å². The standard InChI is InChI=1S/C23H21BrClFN6O3.C18H20ClFN4O.C5H2BrFN2O2/c1-4-30-12-15(22(25)29-30)8-18-7-13(2)28-31(18)20-6-5-17(26)10-19(20)14(3)35-21-9-16(24)11-27-23(21)32(33)34;1-4-23-10-13(18(19)22-23)8-15-7-11(2)21-24(15)17-6-5-14(20)9-16(17)12(3)25;6-3-1-4(7)5(8-2-3)9(10)11/h5-7,9-12,14H,4,8H2,1-3H3;5-7,9-10,12,25H,4,8H2,1-3H3;1-2H/t14-;12-;/m11./s1. The fraction of sp³-hybridized carbons (Fsp3) is 0.261. The third-order valence-electron chi connectivity index (χ3n) is 10.3. The molecule has 6 heterocycles. The van der Waals surface area contributed by atoms with Crippen molar-refractivity contribution in [1.82, 2.24) is 49.1 Å². The Hall–Kier alpha value is -6.53. The third kappa shape index (κ3) is 13.5. The van der Waals surface area contributed by atoms with Crippen molar-refractivity contribution in [1.29, 1.82) is 0 Å². The van der Waals surface area contributed by atoms with Gasteiger partial charge in [0.15, 0.2) is 22.7 Å². The second-order valence-electron chi connectivity index (χ2n) is 15.6. The van der Waals surface area contributed by atoms with E-state index in [0.29, 0.717) is 61.1 Å². The van der Waals surface area contributed by atoms with Crippen molar-refractivity contribution in [2.75, 3.05) is 0 Å². The van der Waals surface area contributed by atoms with Crippen LogP contribution in [0, 0.1) is 51.5 Å². The lowest BCUT2D eigenvalue weighted by atomic mass is 10.1. The number of hydrogen-bond donors (Lipinski definition) is 1. The zero-order valence-electron chi connectivity index (χ0n) is 38.6. The van der Waals surface area contributed by atoms with Gasteiger partial charge < -0.3 is 30.1 Å². The molecule has 6 aromatic heterocycles. The maximum absolute atomic E-state index is 14.3. The zero-order chi connectivity index (χ0) is 51.8. The van der Waals surface area contributed by atoms with E-state index in [1.807, 2.05) is 52.2 Å². The quantitative estimate of drug-likeness (QED) is 0.0795. The van der Waals surface area contributed by atoms with E-state index >= 15 is 0 Å². The summed E-state index contributed by atoms with van der Waals surface area (Å²) in [6.45, 7) is 12.4. The normalized spacial score (nSPS) is 11.9. The molecule has 0 spiro atoms. The van der Waals surface area contributed by atoms with Gasteiger partial charge in [0.25, 0.3) is 0 Å². The molecule has 8 rings (SSSR count). The predicted molar refractivity (Wildman–Crippen MR) is 265 cm³/mol. The molecule has 0 saturated carbocycles. The molecule has 372 valence electrons. The molecule has 18 nitrogen and oxygen atoms in total. The number of ether oxygens (including phenoxy) is 1. The van der Waals surface area contributed by atoms with Crippen LogP contribution in [0.2, 0.25) is 10.3 Å². The molecule has 0 aliphatic rings. The van der Waals surface area contributed by atoms with Crippen LogP contribution in [0.25, 0.3) is 11.4 Å². The number of halogens is 7. The number of nitrogens with zero attached hydrogens (tertiary/aromatic N) is 12. The summed E-state index contributed by atoms with van der Waals surface area (Å²) in [6, 6.07) is 14.9. The highest BCUT2D eigenvalue weighted by Gasteiger charge is 2.25. The number of pyridine rings is 2. The van der Waals surface area contributed by atoms with Crippen LogP contribution >= 0.6 is 55.1 Å². The van der Waals surface area contributed by atoms with Crippen LogP contribution in [0.4, 0.5) is 24.8 Å². The Morgan fingerprint density at radius 2 is 1.14 bits per heavy atom. The summed E-state index contributed by atoms with van der Waals surface area (Å²) in [6.07, 6.45) is 5.69. The topological polar surface area (TPSA) is 213 Å². The molecule has 8 aromatic rings. The van der Waals surface area contributed by atoms with E-state index in [0.717, 1.165) is 46.5 Å². The Bertz CT molecular complexity index is 3220. The molecule has 0 aliphatic carbocycles. The summed E-state index contributed by atoms with van der Waals surface area (Å²) in [5.74, 6) is -3.03. The number of aliphatic hydroxyl groups is 1. The fourth-order valence-corrected chi connectivity index (χ4v) is 8.17. The van der Waals surface area contributed by atoms with E-state index in [1.54, 1.807) is 44.7 Å². The summed E-state index contributed by atoms with van der Waals surface area (Å²) in [5, 5.41) is 50.0. The van der Waals surface area contributed by atoms with Crippen LogP contribution in [0.5, 0.6) is 5.75 Å². The maximum Gasteiger partial charge on any atom is 0.406 e. The smallest absolute Gasteiger partial charge is 0.406 e. The van der Waals surface area contributed by atoms with E-state index in [9.17, 15) is 38.5 Å². The lowest BCUT2D eigenvalue weighted by Gasteiger charge is -2.19. The number of hydrogen-bond acceptors (Lipinski definition) is 12. The second-order valence-corrected chi connectivity index (χ2v) is 18.2.